The van der Waals surface area contributed by atoms with Crippen molar-refractivity contribution in [2.45, 2.75) is 6.36 Å². The van der Waals surface area contributed by atoms with Crippen LogP contribution in [0, 0.1) is 3.57 Å². The van der Waals surface area contributed by atoms with Crippen molar-refractivity contribution in [2.24, 2.45) is 0 Å². The number of halogens is 4. The Balaban J connectivity index is 2.26. The van der Waals surface area contributed by atoms with Gasteiger partial charge in [-0.1, -0.05) is 0 Å². The second-order valence-corrected chi connectivity index (χ2v) is 4.87. The molecular formula is C12H9F3IN3O. The molecular weight excluding hydrogens is 386 g/mol. The smallest absolute Gasteiger partial charge is 0.406 e. The Morgan fingerprint density at radius 1 is 1.20 bits per heavy atom. The van der Waals surface area contributed by atoms with Crippen LogP contribution in [0.3, 0.4) is 0 Å². The van der Waals surface area contributed by atoms with Crippen molar-refractivity contribution >= 4 is 28.4 Å². The van der Waals surface area contributed by atoms with Crippen molar-refractivity contribution in [1.29, 1.82) is 0 Å². The predicted octanol–water partition coefficient (Wildman–Crippen LogP) is 3.69. The minimum Gasteiger partial charge on any atom is -0.406 e. The summed E-state index contributed by atoms with van der Waals surface area (Å²) in [5.74, 6) is 0.806. The molecule has 0 saturated heterocycles. The number of anilines is 1. The number of hydrogen-bond donors (Lipinski definition) is 1. The Labute approximate surface area is 126 Å². The maximum atomic E-state index is 12.1. The molecule has 1 aromatic heterocycles. The molecule has 0 atom stereocenters. The van der Waals surface area contributed by atoms with Gasteiger partial charge in [0.15, 0.2) is 5.82 Å². The van der Waals surface area contributed by atoms with Gasteiger partial charge in [0.2, 0.25) is 0 Å². The van der Waals surface area contributed by atoms with E-state index in [0.717, 1.165) is 3.57 Å². The first-order valence-electron chi connectivity index (χ1n) is 5.45. The first-order valence-corrected chi connectivity index (χ1v) is 6.53. The third kappa shape index (κ3) is 3.71. The maximum Gasteiger partial charge on any atom is 0.573 e. The van der Waals surface area contributed by atoms with E-state index in [2.05, 4.69) is 42.6 Å². The highest BCUT2D eigenvalue weighted by Crippen LogP contribution is 2.26. The second kappa shape index (κ2) is 5.81. The number of alkyl halides is 3. The number of nitrogens with one attached hydrogen (secondary N) is 1. The van der Waals surface area contributed by atoms with Gasteiger partial charge in [0, 0.05) is 18.8 Å². The molecule has 2 aromatic rings. The summed E-state index contributed by atoms with van der Waals surface area (Å²) in [5.41, 5.74) is 0.604. The molecule has 0 bridgehead atoms. The van der Waals surface area contributed by atoms with Crippen LogP contribution in [0.25, 0.3) is 11.4 Å². The average molecular weight is 395 g/mol. The first kappa shape index (κ1) is 14.8. The molecule has 0 unspecified atom stereocenters. The monoisotopic (exact) mass is 395 g/mol. The molecule has 0 spiro atoms. The van der Waals surface area contributed by atoms with Gasteiger partial charge in [0.05, 0.1) is 3.57 Å². The van der Waals surface area contributed by atoms with Crippen molar-refractivity contribution in [3.05, 3.63) is 34.0 Å². The topological polar surface area (TPSA) is 47.0 Å². The Kier molecular flexibility index (Phi) is 4.31. The van der Waals surface area contributed by atoms with Crippen LogP contribution in [0.1, 0.15) is 0 Å². The minimum absolute atomic E-state index is 0.277. The Morgan fingerprint density at radius 3 is 2.40 bits per heavy atom. The number of hydrogen-bond acceptors (Lipinski definition) is 4. The normalized spacial score (nSPS) is 11.2. The van der Waals surface area contributed by atoms with Gasteiger partial charge in [0.1, 0.15) is 11.6 Å². The zero-order valence-electron chi connectivity index (χ0n) is 10.2. The molecule has 1 aromatic carbocycles. The Morgan fingerprint density at radius 2 is 1.85 bits per heavy atom. The van der Waals surface area contributed by atoms with Gasteiger partial charge in [-0.15, -0.1) is 13.2 Å². The molecule has 0 amide bonds. The molecule has 0 aliphatic heterocycles. The lowest BCUT2D eigenvalue weighted by atomic mass is 10.2. The van der Waals surface area contributed by atoms with E-state index in [1.54, 1.807) is 13.2 Å². The number of nitrogens with zero attached hydrogens (tertiary/aromatic N) is 2. The zero-order chi connectivity index (χ0) is 14.8. The number of benzene rings is 1. The number of ether oxygens (including phenoxy) is 1. The summed E-state index contributed by atoms with van der Waals surface area (Å²) in [6, 6.07) is 5.40. The second-order valence-electron chi connectivity index (χ2n) is 3.71. The van der Waals surface area contributed by atoms with E-state index >= 15 is 0 Å². The highest BCUT2D eigenvalue weighted by molar-refractivity contribution is 14.1. The van der Waals surface area contributed by atoms with E-state index in [0.29, 0.717) is 17.2 Å². The van der Waals surface area contributed by atoms with E-state index in [4.69, 9.17) is 0 Å². The fraction of sp³-hybridized carbons (Fsp3) is 0.167. The lowest BCUT2D eigenvalue weighted by Gasteiger charge is -2.09. The zero-order valence-corrected chi connectivity index (χ0v) is 12.4. The van der Waals surface area contributed by atoms with Gasteiger partial charge in [-0.05, 0) is 46.9 Å². The van der Waals surface area contributed by atoms with E-state index < -0.39 is 6.36 Å². The number of rotatable bonds is 3. The van der Waals surface area contributed by atoms with Crippen molar-refractivity contribution in [1.82, 2.24) is 9.97 Å². The Bertz CT molecular complexity index is 602. The van der Waals surface area contributed by atoms with Crippen molar-refractivity contribution < 1.29 is 17.9 Å². The lowest BCUT2D eigenvalue weighted by molar-refractivity contribution is -0.274. The molecule has 20 heavy (non-hydrogen) atoms. The molecule has 0 radical (unpaired) electrons. The summed E-state index contributed by atoms with van der Waals surface area (Å²) in [6.45, 7) is 0. The van der Waals surface area contributed by atoms with Crippen LogP contribution in [0.2, 0.25) is 0 Å². The van der Waals surface area contributed by atoms with E-state index in [1.807, 2.05) is 0 Å². The van der Waals surface area contributed by atoms with Crippen LogP contribution in [-0.2, 0) is 0 Å². The SMILES string of the molecule is CNc1nc(-c2ccc(OC(F)(F)F)cc2)ncc1I. The summed E-state index contributed by atoms with van der Waals surface area (Å²) in [7, 11) is 1.73. The molecule has 0 fully saturated rings. The van der Waals surface area contributed by atoms with Crippen LogP contribution in [0.4, 0.5) is 19.0 Å². The van der Waals surface area contributed by atoms with Gasteiger partial charge < -0.3 is 10.1 Å². The highest BCUT2D eigenvalue weighted by Gasteiger charge is 2.30. The third-order valence-corrected chi connectivity index (χ3v) is 3.12. The van der Waals surface area contributed by atoms with Gasteiger partial charge >= 0.3 is 6.36 Å². The van der Waals surface area contributed by atoms with Crippen LogP contribution in [0.5, 0.6) is 5.75 Å². The molecule has 0 aliphatic carbocycles. The summed E-state index contributed by atoms with van der Waals surface area (Å²) < 4.78 is 40.8. The van der Waals surface area contributed by atoms with Gasteiger partial charge in [0.25, 0.3) is 0 Å². The molecule has 4 nitrogen and oxygen atoms in total. The molecule has 0 aliphatic rings. The van der Waals surface area contributed by atoms with Crippen LogP contribution >= 0.6 is 22.6 Å². The average Bonchev–Trinajstić information content (AvgIpc) is 2.38. The fourth-order valence-corrected chi connectivity index (χ4v) is 2.02. The van der Waals surface area contributed by atoms with E-state index in [1.165, 1.54) is 24.3 Å². The van der Waals surface area contributed by atoms with Crippen molar-refractivity contribution in [3.63, 3.8) is 0 Å². The number of aromatic nitrogens is 2. The lowest BCUT2D eigenvalue weighted by Crippen LogP contribution is -2.16. The van der Waals surface area contributed by atoms with Crippen LogP contribution in [0.15, 0.2) is 30.5 Å². The summed E-state index contributed by atoms with van der Waals surface area (Å²) in [5, 5.41) is 2.92. The maximum absolute atomic E-state index is 12.1. The fourth-order valence-electron chi connectivity index (χ4n) is 1.49. The predicted molar refractivity (Wildman–Crippen MR) is 76.4 cm³/mol. The van der Waals surface area contributed by atoms with Crippen LogP contribution < -0.4 is 10.1 Å². The summed E-state index contributed by atoms with van der Waals surface area (Å²) in [6.07, 6.45) is -3.06. The summed E-state index contributed by atoms with van der Waals surface area (Å²) in [4.78, 5) is 8.41. The standard InChI is InChI=1S/C12H9F3IN3O/c1-17-11-9(16)6-18-10(19-11)7-2-4-8(5-3-7)20-12(13,14)15/h2-6H,1H3,(H,17,18,19). The third-order valence-electron chi connectivity index (χ3n) is 2.33. The van der Waals surface area contributed by atoms with Crippen LogP contribution in [-0.4, -0.2) is 23.4 Å². The largest absolute Gasteiger partial charge is 0.573 e. The van der Waals surface area contributed by atoms with Gasteiger partial charge in [-0.25, -0.2) is 9.97 Å². The first-order chi connectivity index (χ1) is 9.39. The molecule has 1 N–H and O–H groups in total. The van der Waals surface area contributed by atoms with Gasteiger partial charge in [-0.3, -0.25) is 0 Å². The molecule has 2 rings (SSSR count). The highest BCUT2D eigenvalue weighted by atomic mass is 127. The van der Waals surface area contributed by atoms with Crippen molar-refractivity contribution in [2.75, 3.05) is 12.4 Å². The Hall–Kier alpha value is -1.58. The molecule has 1 heterocycles. The molecule has 8 heteroatoms. The summed E-state index contributed by atoms with van der Waals surface area (Å²) >= 11 is 2.08. The van der Waals surface area contributed by atoms with E-state index in [-0.39, 0.29) is 5.75 Å². The van der Waals surface area contributed by atoms with Crippen molar-refractivity contribution in [3.8, 4) is 17.1 Å². The molecule has 106 valence electrons. The minimum atomic E-state index is -4.69. The van der Waals surface area contributed by atoms with Gasteiger partial charge in [-0.2, -0.15) is 0 Å². The van der Waals surface area contributed by atoms with E-state index in [9.17, 15) is 13.2 Å². The quantitative estimate of drug-likeness (QED) is 0.806. The molecule has 0 saturated carbocycles.